The van der Waals surface area contributed by atoms with E-state index in [9.17, 15) is 4.79 Å². The van der Waals surface area contributed by atoms with E-state index in [0.29, 0.717) is 5.69 Å². The van der Waals surface area contributed by atoms with Gasteiger partial charge in [-0.15, -0.1) is 0 Å². The molecule has 17 heavy (non-hydrogen) atoms. The van der Waals surface area contributed by atoms with Crippen LogP contribution in [-0.4, -0.2) is 25.2 Å². The van der Waals surface area contributed by atoms with E-state index >= 15 is 0 Å². The fourth-order valence-electron chi connectivity index (χ4n) is 2.03. The Kier molecular flexibility index (Phi) is 3.33. The molecule has 2 rings (SSSR count). The molecule has 0 bridgehead atoms. The molecule has 0 aromatic heterocycles. The molecule has 2 N–H and O–H groups in total. The predicted molar refractivity (Wildman–Crippen MR) is 67.8 cm³/mol. The zero-order valence-corrected chi connectivity index (χ0v) is 10.2. The third-order valence-corrected chi connectivity index (χ3v) is 3.12. The number of nitrogen functional groups attached to an aromatic ring is 1. The maximum Gasteiger partial charge on any atom is 0.255 e. The number of amides is 1. The number of likely N-dealkylation sites (N-methyl/N-ethyl adjacent to an activating group) is 1. The number of ether oxygens (including phenoxy) is 1. The van der Waals surface area contributed by atoms with Crippen LogP contribution in [0.5, 0.6) is 0 Å². The van der Waals surface area contributed by atoms with Gasteiger partial charge in [-0.2, -0.15) is 0 Å². The van der Waals surface area contributed by atoms with Crippen molar-refractivity contribution < 1.29 is 9.53 Å². The lowest BCUT2D eigenvalue weighted by Gasteiger charge is -2.21. The van der Waals surface area contributed by atoms with Crippen LogP contribution in [0.3, 0.4) is 0 Å². The number of nitrogens with zero attached hydrogens (tertiary/aromatic N) is 1. The molecule has 92 valence electrons. The Morgan fingerprint density at radius 1 is 1.35 bits per heavy atom. The average Bonchev–Trinajstić information content (AvgIpc) is 2.75. The molecule has 0 saturated carbocycles. The van der Waals surface area contributed by atoms with Crippen molar-refractivity contribution >= 4 is 17.3 Å². The summed E-state index contributed by atoms with van der Waals surface area (Å²) in [6.07, 6.45) is 1.64. The zero-order valence-electron chi connectivity index (χ0n) is 10.2. The summed E-state index contributed by atoms with van der Waals surface area (Å²) in [6, 6.07) is 7.26. The van der Waals surface area contributed by atoms with Crippen molar-refractivity contribution in [2.24, 2.45) is 0 Å². The standard InChI is InChI=1S/C13H18N2O2/c1-9-3-8-12(17-9)13(16)15(2)11-6-4-10(14)5-7-11/h4-7,9,12H,3,8,14H2,1-2H3. The van der Waals surface area contributed by atoms with Gasteiger partial charge in [0.05, 0.1) is 6.10 Å². The fourth-order valence-corrected chi connectivity index (χ4v) is 2.03. The van der Waals surface area contributed by atoms with Gasteiger partial charge in [0, 0.05) is 18.4 Å². The van der Waals surface area contributed by atoms with Gasteiger partial charge in [0.2, 0.25) is 0 Å². The highest BCUT2D eigenvalue weighted by Gasteiger charge is 2.30. The number of rotatable bonds is 2. The molecule has 1 aromatic carbocycles. The fraction of sp³-hybridized carbons (Fsp3) is 0.462. The summed E-state index contributed by atoms with van der Waals surface area (Å²) in [5.41, 5.74) is 7.15. The van der Waals surface area contributed by atoms with Crippen molar-refractivity contribution in [1.82, 2.24) is 0 Å². The van der Waals surface area contributed by atoms with Gasteiger partial charge >= 0.3 is 0 Å². The molecule has 0 radical (unpaired) electrons. The normalized spacial score (nSPS) is 23.6. The van der Waals surface area contributed by atoms with E-state index in [1.165, 1.54) is 0 Å². The Labute approximate surface area is 101 Å². The summed E-state index contributed by atoms with van der Waals surface area (Å²) >= 11 is 0. The lowest BCUT2D eigenvalue weighted by molar-refractivity contribution is -0.128. The van der Waals surface area contributed by atoms with Gasteiger partial charge < -0.3 is 15.4 Å². The molecule has 0 spiro atoms. The minimum atomic E-state index is -0.299. The minimum Gasteiger partial charge on any atom is -0.399 e. The summed E-state index contributed by atoms with van der Waals surface area (Å²) in [6.45, 7) is 2.00. The maximum absolute atomic E-state index is 12.1. The number of hydrogen-bond acceptors (Lipinski definition) is 3. The smallest absolute Gasteiger partial charge is 0.255 e. The molecule has 1 aromatic rings. The minimum absolute atomic E-state index is 0.0131. The monoisotopic (exact) mass is 234 g/mol. The summed E-state index contributed by atoms with van der Waals surface area (Å²) in [4.78, 5) is 13.8. The van der Waals surface area contributed by atoms with Crippen LogP contribution in [0.25, 0.3) is 0 Å². The highest BCUT2D eigenvalue weighted by atomic mass is 16.5. The van der Waals surface area contributed by atoms with Crippen LogP contribution in [0.2, 0.25) is 0 Å². The van der Waals surface area contributed by atoms with Crippen molar-refractivity contribution in [3.63, 3.8) is 0 Å². The van der Waals surface area contributed by atoms with Gasteiger partial charge in [-0.1, -0.05) is 0 Å². The number of benzene rings is 1. The second-order valence-corrected chi connectivity index (χ2v) is 4.50. The molecule has 1 saturated heterocycles. The number of carbonyl (C=O) groups excluding carboxylic acids is 1. The number of nitrogens with two attached hydrogens (primary N) is 1. The van der Waals surface area contributed by atoms with Crippen LogP contribution in [0.15, 0.2) is 24.3 Å². The topological polar surface area (TPSA) is 55.6 Å². The maximum atomic E-state index is 12.1. The Hall–Kier alpha value is -1.55. The van der Waals surface area contributed by atoms with E-state index < -0.39 is 0 Å². The van der Waals surface area contributed by atoms with Crippen molar-refractivity contribution in [1.29, 1.82) is 0 Å². The predicted octanol–water partition coefficient (Wildman–Crippen LogP) is 1.80. The Balaban J connectivity index is 2.06. The number of hydrogen-bond donors (Lipinski definition) is 1. The molecule has 0 aliphatic carbocycles. The Morgan fingerprint density at radius 2 is 2.00 bits per heavy atom. The third kappa shape index (κ3) is 2.58. The van der Waals surface area contributed by atoms with Crippen molar-refractivity contribution in [3.05, 3.63) is 24.3 Å². The molecule has 1 aliphatic rings. The Morgan fingerprint density at radius 3 is 2.53 bits per heavy atom. The highest BCUT2D eigenvalue weighted by molar-refractivity contribution is 5.96. The molecule has 1 heterocycles. The van der Waals surface area contributed by atoms with Gasteiger partial charge in [-0.25, -0.2) is 0 Å². The zero-order chi connectivity index (χ0) is 12.4. The van der Waals surface area contributed by atoms with Gasteiger partial charge in [0.1, 0.15) is 6.10 Å². The molecule has 1 fully saturated rings. The summed E-state index contributed by atoms with van der Waals surface area (Å²) in [5.74, 6) is 0.0131. The van der Waals surface area contributed by atoms with Gasteiger partial charge in [-0.05, 0) is 44.0 Å². The molecule has 4 heteroatoms. The largest absolute Gasteiger partial charge is 0.399 e. The van der Waals surface area contributed by atoms with Crippen LogP contribution in [-0.2, 0) is 9.53 Å². The van der Waals surface area contributed by atoms with E-state index in [1.54, 1.807) is 24.1 Å². The van der Waals surface area contributed by atoms with Crippen LogP contribution in [0.1, 0.15) is 19.8 Å². The lowest BCUT2D eigenvalue weighted by atomic mass is 10.2. The van der Waals surface area contributed by atoms with Gasteiger partial charge in [0.15, 0.2) is 0 Å². The van der Waals surface area contributed by atoms with E-state index in [2.05, 4.69) is 0 Å². The van der Waals surface area contributed by atoms with Crippen LogP contribution in [0.4, 0.5) is 11.4 Å². The first kappa shape index (κ1) is 11.9. The number of anilines is 2. The molecule has 4 nitrogen and oxygen atoms in total. The summed E-state index contributed by atoms with van der Waals surface area (Å²) < 4.78 is 5.57. The second-order valence-electron chi connectivity index (χ2n) is 4.50. The van der Waals surface area contributed by atoms with Crippen LogP contribution in [0, 0.1) is 0 Å². The molecular formula is C13H18N2O2. The summed E-state index contributed by atoms with van der Waals surface area (Å²) in [5, 5.41) is 0. The van der Waals surface area contributed by atoms with E-state index in [-0.39, 0.29) is 18.1 Å². The van der Waals surface area contributed by atoms with E-state index in [4.69, 9.17) is 10.5 Å². The van der Waals surface area contributed by atoms with Crippen LogP contribution < -0.4 is 10.6 Å². The number of carbonyl (C=O) groups is 1. The SMILES string of the molecule is CC1CCC(C(=O)N(C)c2ccc(N)cc2)O1. The molecule has 1 aliphatic heterocycles. The third-order valence-electron chi connectivity index (χ3n) is 3.12. The molecule has 2 unspecified atom stereocenters. The molecule has 1 amide bonds. The van der Waals surface area contributed by atoms with Crippen LogP contribution >= 0.6 is 0 Å². The van der Waals surface area contributed by atoms with E-state index in [0.717, 1.165) is 18.5 Å². The van der Waals surface area contributed by atoms with Crippen molar-refractivity contribution in [3.8, 4) is 0 Å². The van der Waals surface area contributed by atoms with Gasteiger partial charge in [0.25, 0.3) is 5.91 Å². The van der Waals surface area contributed by atoms with Gasteiger partial charge in [-0.3, -0.25) is 4.79 Å². The Bertz CT molecular complexity index is 402. The van der Waals surface area contributed by atoms with Crippen molar-refractivity contribution in [2.45, 2.75) is 32.0 Å². The molecule has 2 atom stereocenters. The average molecular weight is 234 g/mol. The lowest BCUT2D eigenvalue weighted by Crippen LogP contribution is -2.36. The molecular weight excluding hydrogens is 216 g/mol. The first-order valence-electron chi connectivity index (χ1n) is 5.86. The first-order valence-corrected chi connectivity index (χ1v) is 5.86. The first-order chi connectivity index (χ1) is 8.08. The quantitative estimate of drug-likeness (QED) is 0.794. The second kappa shape index (κ2) is 4.75. The highest BCUT2D eigenvalue weighted by Crippen LogP contribution is 2.23. The van der Waals surface area contributed by atoms with E-state index in [1.807, 2.05) is 19.1 Å². The van der Waals surface area contributed by atoms with Crippen molar-refractivity contribution in [2.75, 3.05) is 17.7 Å². The summed E-state index contributed by atoms with van der Waals surface area (Å²) in [7, 11) is 1.76.